The van der Waals surface area contributed by atoms with Crippen molar-refractivity contribution in [3.05, 3.63) is 36.2 Å². The van der Waals surface area contributed by atoms with Gasteiger partial charge in [-0.1, -0.05) is 0 Å². The third-order valence-electron chi connectivity index (χ3n) is 4.93. The number of nitrogens with one attached hydrogen (secondary N) is 1. The first kappa shape index (κ1) is 15.3. The first-order chi connectivity index (χ1) is 11.7. The van der Waals surface area contributed by atoms with Crippen LogP contribution in [0.1, 0.15) is 31.4 Å². The summed E-state index contributed by atoms with van der Waals surface area (Å²) >= 11 is 0. The summed E-state index contributed by atoms with van der Waals surface area (Å²) < 4.78 is 12.7. The molecule has 3 heterocycles. The van der Waals surface area contributed by atoms with Crippen LogP contribution in [0, 0.1) is 0 Å². The van der Waals surface area contributed by atoms with Gasteiger partial charge >= 0.3 is 0 Å². The van der Waals surface area contributed by atoms with E-state index in [1.165, 1.54) is 11.3 Å². The minimum Gasteiger partial charge on any atom is -0.454 e. The molecule has 1 aromatic heterocycles. The molecule has 1 fully saturated rings. The number of piperidine rings is 1. The maximum absolute atomic E-state index is 5.49. The van der Waals surface area contributed by atoms with E-state index in [1.807, 2.05) is 24.0 Å². The number of hydrogen-bond acceptors (Lipinski definition) is 5. The fourth-order valence-corrected chi connectivity index (χ4v) is 3.50. The van der Waals surface area contributed by atoms with Crippen molar-refractivity contribution >= 4 is 5.69 Å². The summed E-state index contributed by atoms with van der Waals surface area (Å²) in [5, 5.41) is 7.99. The molecule has 2 aromatic rings. The number of benzene rings is 1. The summed E-state index contributed by atoms with van der Waals surface area (Å²) in [6, 6.07) is 7.10. The van der Waals surface area contributed by atoms with Crippen LogP contribution in [0.15, 0.2) is 30.6 Å². The van der Waals surface area contributed by atoms with Gasteiger partial charge in [0.1, 0.15) is 0 Å². The Morgan fingerprint density at radius 1 is 1.21 bits per heavy atom. The molecule has 6 heteroatoms. The Kier molecular flexibility index (Phi) is 4.06. The van der Waals surface area contributed by atoms with Gasteiger partial charge in [0.05, 0.1) is 6.20 Å². The van der Waals surface area contributed by atoms with E-state index in [1.54, 1.807) is 0 Å². The third kappa shape index (κ3) is 3.06. The standard InChI is InChI=1S/C18H24N4O2/c1-13(14-10-19-21(2)11-14)20-15-5-7-22(8-6-15)16-3-4-17-18(9-16)24-12-23-17/h3-4,9-11,13,15,20H,5-8,12H2,1-2H3/t13-/m0/s1. The quantitative estimate of drug-likeness (QED) is 0.934. The predicted molar refractivity (Wildman–Crippen MR) is 92.6 cm³/mol. The Hall–Kier alpha value is -2.21. The highest BCUT2D eigenvalue weighted by Gasteiger charge is 2.23. The molecule has 6 nitrogen and oxygen atoms in total. The average Bonchev–Trinajstić information content (AvgIpc) is 3.23. The summed E-state index contributed by atoms with van der Waals surface area (Å²) in [7, 11) is 1.96. The van der Waals surface area contributed by atoms with Crippen molar-refractivity contribution in [1.29, 1.82) is 0 Å². The molecule has 1 aromatic carbocycles. The molecule has 0 bridgehead atoms. The number of fused-ring (bicyclic) bond motifs is 1. The van der Waals surface area contributed by atoms with Gasteiger partial charge in [-0.15, -0.1) is 0 Å². The molecule has 2 aliphatic heterocycles. The van der Waals surface area contributed by atoms with Crippen LogP contribution in [0.3, 0.4) is 0 Å². The summed E-state index contributed by atoms with van der Waals surface area (Å²) in [6.07, 6.45) is 6.30. The molecule has 128 valence electrons. The molecule has 0 saturated carbocycles. The van der Waals surface area contributed by atoms with Crippen molar-refractivity contribution in [2.24, 2.45) is 7.05 Å². The average molecular weight is 328 g/mol. The molecule has 1 atom stereocenters. The maximum atomic E-state index is 5.49. The lowest BCUT2D eigenvalue weighted by Gasteiger charge is -2.35. The van der Waals surface area contributed by atoms with Crippen molar-refractivity contribution in [2.45, 2.75) is 31.8 Å². The topological polar surface area (TPSA) is 51.6 Å². The van der Waals surface area contributed by atoms with Gasteiger partial charge in [-0.05, 0) is 31.9 Å². The van der Waals surface area contributed by atoms with Gasteiger partial charge in [-0.2, -0.15) is 5.10 Å². The summed E-state index contributed by atoms with van der Waals surface area (Å²) in [5.74, 6) is 1.71. The highest BCUT2D eigenvalue weighted by Crippen LogP contribution is 2.36. The molecule has 0 spiro atoms. The zero-order chi connectivity index (χ0) is 16.5. The van der Waals surface area contributed by atoms with Crippen LogP contribution in [-0.2, 0) is 7.05 Å². The van der Waals surface area contributed by atoms with Gasteiger partial charge in [0, 0.05) is 55.7 Å². The van der Waals surface area contributed by atoms with Crippen LogP contribution >= 0.6 is 0 Å². The normalized spacial score (nSPS) is 18.8. The summed E-state index contributed by atoms with van der Waals surface area (Å²) in [6.45, 7) is 4.65. The fourth-order valence-electron chi connectivity index (χ4n) is 3.50. The van der Waals surface area contributed by atoms with Gasteiger partial charge in [-0.3, -0.25) is 4.68 Å². The van der Waals surface area contributed by atoms with Gasteiger partial charge in [0.15, 0.2) is 11.5 Å². The molecule has 1 saturated heterocycles. The number of ether oxygens (including phenoxy) is 2. The van der Waals surface area contributed by atoms with E-state index >= 15 is 0 Å². The van der Waals surface area contributed by atoms with Gasteiger partial charge in [-0.25, -0.2) is 0 Å². The second-order valence-electron chi connectivity index (χ2n) is 6.63. The van der Waals surface area contributed by atoms with E-state index in [9.17, 15) is 0 Å². The SMILES string of the molecule is C[C@H](NC1CCN(c2ccc3c(c2)OCO3)CC1)c1cnn(C)c1. The van der Waals surface area contributed by atoms with E-state index < -0.39 is 0 Å². The second-order valence-corrected chi connectivity index (χ2v) is 6.63. The Morgan fingerprint density at radius 3 is 2.75 bits per heavy atom. The van der Waals surface area contributed by atoms with E-state index in [4.69, 9.17) is 9.47 Å². The molecule has 1 N–H and O–H groups in total. The number of rotatable bonds is 4. The minimum absolute atomic E-state index is 0.330. The predicted octanol–water partition coefficient (Wildman–Crippen LogP) is 2.47. The Labute approximate surface area is 142 Å². The number of aromatic nitrogens is 2. The largest absolute Gasteiger partial charge is 0.454 e. The Balaban J connectivity index is 1.33. The van der Waals surface area contributed by atoms with Gasteiger partial charge < -0.3 is 19.7 Å². The van der Waals surface area contributed by atoms with E-state index in [-0.39, 0.29) is 0 Å². The lowest BCUT2D eigenvalue weighted by Crippen LogP contribution is -2.43. The molecular formula is C18H24N4O2. The minimum atomic E-state index is 0.330. The first-order valence-electron chi connectivity index (χ1n) is 8.58. The highest BCUT2D eigenvalue weighted by molar-refractivity contribution is 5.57. The van der Waals surface area contributed by atoms with Crippen LogP contribution in [0.25, 0.3) is 0 Å². The molecule has 2 aliphatic rings. The first-order valence-corrected chi connectivity index (χ1v) is 8.58. The van der Waals surface area contributed by atoms with Crippen molar-refractivity contribution in [2.75, 3.05) is 24.8 Å². The second kappa shape index (κ2) is 6.36. The number of hydrogen-bond donors (Lipinski definition) is 1. The van der Waals surface area contributed by atoms with Gasteiger partial charge in [0.2, 0.25) is 6.79 Å². The lowest BCUT2D eigenvalue weighted by atomic mass is 10.0. The molecule has 24 heavy (non-hydrogen) atoms. The van der Waals surface area contributed by atoms with E-state index in [2.05, 4.69) is 40.6 Å². The zero-order valence-electron chi connectivity index (χ0n) is 14.2. The van der Waals surface area contributed by atoms with Crippen molar-refractivity contribution in [3.63, 3.8) is 0 Å². The zero-order valence-corrected chi connectivity index (χ0v) is 14.2. The molecule has 0 amide bonds. The van der Waals surface area contributed by atoms with Crippen LogP contribution in [0.2, 0.25) is 0 Å². The third-order valence-corrected chi connectivity index (χ3v) is 4.93. The van der Waals surface area contributed by atoms with Crippen molar-refractivity contribution in [3.8, 4) is 11.5 Å². The van der Waals surface area contributed by atoms with Crippen LogP contribution in [-0.4, -0.2) is 35.7 Å². The molecule has 4 rings (SSSR count). The monoisotopic (exact) mass is 328 g/mol. The summed E-state index contributed by atoms with van der Waals surface area (Å²) in [5.41, 5.74) is 2.47. The highest BCUT2D eigenvalue weighted by atomic mass is 16.7. The molecule has 0 unspecified atom stereocenters. The number of aryl methyl sites for hydroxylation is 1. The van der Waals surface area contributed by atoms with E-state index in [0.717, 1.165) is 37.4 Å². The lowest BCUT2D eigenvalue weighted by molar-refractivity contribution is 0.174. The van der Waals surface area contributed by atoms with Crippen LogP contribution in [0.4, 0.5) is 5.69 Å². The fraction of sp³-hybridized carbons (Fsp3) is 0.500. The smallest absolute Gasteiger partial charge is 0.231 e. The van der Waals surface area contributed by atoms with Crippen LogP contribution < -0.4 is 19.7 Å². The maximum Gasteiger partial charge on any atom is 0.231 e. The number of nitrogens with zero attached hydrogens (tertiary/aromatic N) is 3. The molecule has 0 aliphatic carbocycles. The van der Waals surface area contributed by atoms with Crippen LogP contribution in [0.5, 0.6) is 11.5 Å². The van der Waals surface area contributed by atoms with Gasteiger partial charge in [0.25, 0.3) is 0 Å². The van der Waals surface area contributed by atoms with Crippen molar-refractivity contribution in [1.82, 2.24) is 15.1 Å². The number of anilines is 1. The van der Waals surface area contributed by atoms with Crippen molar-refractivity contribution < 1.29 is 9.47 Å². The van der Waals surface area contributed by atoms with E-state index in [0.29, 0.717) is 18.9 Å². The summed E-state index contributed by atoms with van der Waals surface area (Å²) in [4.78, 5) is 2.43. The Morgan fingerprint density at radius 2 is 2.00 bits per heavy atom. The Bertz CT molecular complexity index is 707. The molecule has 0 radical (unpaired) electrons. The molecular weight excluding hydrogens is 304 g/mol.